The van der Waals surface area contributed by atoms with E-state index in [0.29, 0.717) is 18.5 Å². The number of nitrogens with one attached hydrogen (secondary N) is 2. The van der Waals surface area contributed by atoms with E-state index in [0.717, 1.165) is 19.4 Å². The molecule has 1 aromatic rings. The van der Waals surface area contributed by atoms with E-state index in [1.54, 1.807) is 0 Å². The predicted octanol–water partition coefficient (Wildman–Crippen LogP) is 1.66. The Bertz CT molecular complexity index is 364. The fourth-order valence-corrected chi connectivity index (χ4v) is 2.06. The molecule has 92 valence electrons. The van der Waals surface area contributed by atoms with Crippen molar-refractivity contribution in [2.75, 3.05) is 13.1 Å². The smallest absolute Gasteiger partial charge is 0.234 e. The lowest BCUT2D eigenvalue weighted by molar-refractivity contribution is -0.120. The van der Waals surface area contributed by atoms with Crippen molar-refractivity contribution in [2.45, 2.75) is 31.7 Å². The Hall–Kier alpha value is -1.35. The van der Waals surface area contributed by atoms with Crippen LogP contribution < -0.4 is 10.6 Å². The van der Waals surface area contributed by atoms with E-state index in [1.807, 2.05) is 6.07 Å². The molecule has 0 heterocycles. The zero-order valence-electron chi connectivity index (χ0n) is 10.3. The molecule has 0 bridgehead atoms. The summed E-state index contributed by atoms with van der Waals surface area (Å²) >= 11 is 0. The minimum absolute atomic E-state index is 0.113. The molecule has 17 heavy (non-hydrogen) atoms. The van der Waals surface area contributed by atoms with Gasteiger partial charge >= 0.3 is 0 Å². The van der Waals surface area contributed by atoms with Gasteiger partial charge in [-0.3, -0.25) is 4.79 Å². The predicted molar refractivity (Wildman–Crippen MR) is 68.9 cm³/mol. The minimum atomic E-state index is 0.113. The number of carbonyl (C=O) groups excluding carboxylic acids is 1. The van der Waals surface area contributed by atoms with Gasteiger partial charge in [0.15, 0.2) is 0 Å². The number of benzene rings is 1. The third-order valence-electron chi connectivity index (χ3n) is 3.08. The highest BCUT2D eigenvalue weighted by Gasteiger charge is 2.39. The van der Waals surface area contributed by atoms with Gasteiger partial charge in [-0.05, 0) is 24.9 Å². The summed E-state index contributed by atoms with van der Waals surface area (Å²) in [5, 5.41) is 6.17. The summed E-state index contributed by atoms with van der Waals surface area (Å²) in [6.45, 7) is 3.43. The molecule has 0 spiro atoms. The third kappa shape index (κ3) is 3.56. The molecular formula is C14H20N2O. The fourth-order valence-electron chi connectivity index (χ4n) is 2.06. The van der Waals surface area contributed by atoms with Gasteiger partial charge in [0.2, 0.25) is 5.91 Å². The molecule has 0 aliphatic heterocycles. The van der Waals surface area contributed by atoms with Crippen LogP contribution in [0.1, 0.15) is 31.2 Å². The van der Waals surface area contributed by atoms with Crippen molar-refractivity contribution in [3.63, 3.8) is 0 Å². The van der Waals surface area contributed by atoms with Crippen LogP contribution in [0, 0.1) is 0 Å². The first kappa shape index (κ1) is 12.1. The van der Waals surface area contributed by atoms with Gasteiger partial charge in [-0.2, -0.15) is 0 Å². The molecule has 1 amide bonds. The van der Waals surface area contributed by atoms with Crippen LogP contribution in [0.25, 0.3) is 0 Å². The van der Waals surface area contributed by atoms with Crippen LogP contribution in [0.15, 0.2) is 30.3 Å². The van der Waals surface area contributed by atoms with Crippen LogP contribution in [0.2, 0.25) is 0 Å². The summed E-state index contributed by atoms with van der Waals surface area (Å²) in [5.41, 5.74) is 1.33. The number of rotatable bonds is 6. The average Bonchev–Trinajstić information content (AvgIpc) is 3.10. The van der Waals surface area contributed by atoms with Crippen molar-refractivity contribution in [3.8, 4) is 0 Å². The van der Waals surface area contributed by atoms with Crippen molar-refractivity contribution in [3.05, 3.63) is 35.9 Å². The number of amides is 1. The van der Waals surface area contributed by atoms with Crippen LogP contribution in [0.5, 0.6) is 0 Å². The SMILES string of the molecule is CCCNCC(=O)NC1CC1c1ccccc1. The van der Waals surface area contributed by atoms with Gasteiger partial charge in [0.25, 0.3) is 0 Å². The van der Waals surface area contributed by atoms with E-state index in [-0.39, 0.29) is 5.91 Å². The maximum Gasteiger partial charge on any atom is 0.234 e. The second-order valence-corrected chi connectivity index (χ2v) is 4.60. The van der Waals surface area contributed by atoms with Crippen molar-refractivity contribution in [2.24, 2.45) is 0 Å². The van der Waals surface area contributed by atoms with Crippen LogP contribution in [-0.4, -0.2) is 25.0 Å². The van der Waals surface area contributed by atoms with Crippen LogP contribution in [0.3, 0.4) is 0 Å². The first-order valence-corrected chi connectivity index (χ1v) is 6.36. The zero-order valence-corrected chi connectivity index (χ0v) is 10.3. The van der Waals surface area contributed by atoms with E-state index in [2.05, 4.69) is 41.8 Å². The van der Waals surface area contributed by atoms with Crippen molar-refractivity contribution in [1.29, 1.82) is 0 Å². The first-order valence-electron chi connectivity index (χ1n) is 6.36. The Morgan fingerprint density at radius 3 is 2.82 bits per heavy atom. The molecule has 1 aromatic carbocycles. The molecule has 1 fully saturated rings. The molecule has 1 saturated carbocycles. The standard InChI is InChI=1S/C14H20N2O/c1-2-8-15-10-14(17)16-13-9-12(13)11-6-4-3-5-7-11/h3-7,12-13,15H,2,8-10H2,1H3,(H,16,17). The topological polar surface area (TPSA) is 41.1 Å². The van der Waals surface area contributed by atoms with Crippen molar-refractivity contribution < 1.29 is 4.79 Å². The molecule has 3 heteroatoms. The van der Waals surface area contributed by atoms with Gasteiger partial charge in [0.05, 0.1) is 6.54 Å². The molecule has 2 rings (SSSR count). The molecule has 0 radical (unpaired) electrons. The maximum atomic E-state index is 11.6. The Labute approximate surface area is 103 Å². The second kappa shape index (κ2) is 5.82. The van der Waals surface area contributed by atoms with Gasteiger partial charge in [-0.1, -0.05) is 37.3 Å². The Balaban J connectivity index is 1.71. The molecule has 2 N–H and O–H groups in total. The monoisotopic (exact) mass is 232 g/mol. The van der Waals surface area contributed by atoms with Crippen LogP contribution >= 0.6 is 0 Å². The van der Waals surface area contributed by atoms with Crippen molar-refractivity contribution >= 4 is 5.91 Å². The van der Waals surface area contributed by atoms with Crippen molar-refractivity contribution in [1.82, 2.24) is 10.6 Å². The van der Waals surface area contributed by atoms with Gasteiger partial charge < -0.3 is 10.6 Å². The molecule has 2 unspecified atom stereocenters. The number of carbonyl (C=O) groups is 1. The summed E-state index contributed by atoms with van der Waals surface area (Å²) in [4.78, 5) is 11.6. The first-order chi connectivity index (χ1) is 8.31. The lowest BCUT2D eigenvalue weighted by atomic mass is 10.1. The Kier molecular flexibility index (Phi) is 4.15. The van der Waals surface area contributed by atoms with Gasteiger partial charge in [0.1, 0.15) is 0 Å². The number of hydrogen-bond acceptors (Lipinski definition) is 2. The van der Waals surface area contributed by atoms with Crippen LogP contribution in [0.4, 0.5) is 0 Å². The average molecular weight is 232 g/mol. The minimum Gasteiger partial charge on any atom is -0.352 e. The molecular weight excluding hydrogens is 212 g/mol. The summed E-state index contributed by atoms with van der Waals surface area (Å²) < 4.78 is 0. The summed E-state index contributed by atoms with van der Waals surface area (Å²) in [7, 11) is 0. The lowest BCUT2D eigenvalue weighted by Crippen LogP contribution is -2.35. The molecule has 1 aliphatic rings. The quantitative estimate of drug-likeness (QED) is 0.732. The Morgan fingerprint density at radius 1 is 1.35 bits per heavy atom. The van der Waals surface area contributed by atoms with E-state index >= 15 is 0 Å². The Morgan fingerprint density at radius 2 is 2.12 bits per heavy atom. The van der Waals surface area contributed by atoms with Gasteiger partial charge in [0, 0.05) is 12.0 Å². The van der Waals surface area contributed by atoms with E-state index < -0.39 is 0 Å². The molecule has 1 aliphatic carbocycles. The van der Waals surface area contributed by atoms with E-state index in [4.69, 9.17) is 0 Å². The van der Waals surface area contributed by atoms with E-state index in [1.165, 1.54) is 5.56 Å². The van der Waals surface area contributed by atoms with E-state index in [9.17, 15) is 4.79 Å². The lowest BCUT2D eigenvalue weighted by Gasteiger charge is -2.05. The highest BCUT2D eigenvalue weighted by molar-refractivity contribution is 5.78. The summed E-state index contributed by atoms with van der Waals surface area (Å²) in [6, 6.07) is 10.7. The molecule has 0 aromatic heterocycles. The zero-order chi connectivity index (χ0) is 12.1. The van der Waals surface area contributed by atoms with Gasteiger partial charge in [-0.25, -0.2) is 0 Å². The molecule has 0 saturated heterocycles. The highest BCUT2D eigenvalue weighted by Crippen LogP contribution is 2.40. The largest absolute Gasteiger partial charge is 0.352 e. The molecule has 2 atom stereocenters. The molecule has 3 nitrogen and oxygen atoms in total. The normalized spacial score (nSPS) is 22.2. The summed E-state index contributed by atoms with van der Waals surface area (Å²) in [5.74, 6) is 0.633. The third-order valence-corrected chi connectivity index (χ3v) is 3.08. The maximum absolute atomic E-state index is 11.6. The second-order valence-electron chi connectivity index (χ2n) is 4.60. The number of hydrogen-bond donors (Lipinski definition) is 2. The van der Waals surface area contributed by atoms with Gasteiger partial charge in [-0.15, -0.1) is 0 Å². The summed E-state index contributed by atoms with van der Waals surface area (Å²) in [6.07, 6.45) is 2.13. The highest BCUT2D eigenvalue weighted by atomic mass is 16.2. The fraction of sp³-hybridized carbons (Fsp3) is 0.500. The van der Waals surface area contributed by atoms with Crippen LogP contribution in [-0.2, 0) is 4.79 Å².